The van der Waals surface area contributed by atoms with E-state index >= 15 is 0 Å². The number of hydrogen-bond acceptors (Lipinski definition) is 5. The van der Waals surface area contributed by atoms with Crippen LogP contribution in [-0.4, -0.2) is 35.7 Å². The zero-order valence-corrected chi connectivity index (χ0v) is 21.5. The predicted molar refractivity (Wildman–Crippen MR) is 151 cm³/mol. The number of aryl methyl sites for hydroxylation is 1. The van der Waals surface area contributed by atoms with Gasteiger partial charge < -0.3 is 24.8 Å². The van der Waals surface area contributed by atoms with Crippen LogP contribution in [0.25, 0.3) is 22.0 Å². The van der Waals surface area contributed by atoms with Crippen molar-refractivity contribution in [2.45, 2.75) is 25.8 Å². The number of ether oxygens (including phenoxy) is 1. The number of carbonyl (C=O) groups is 1. The lowest BCUT2D eigenvalue weighted by molar-refractivity contribution is -0.111. The first kappa shape index (κ1) is 24.4. The number of anilines is 3. The zero-order chi connectivity index (χ0) is 25.8. The van der Waals surface area contributed by atoms with Gasteiger partial charge in [0.1, 0.15) is 11.6 Å². The number of rotatable bonds is 8. The fourth-order valence-electron chi connectivity index (χ4n) is 5.07. The minimum absolute atomic E-state index is 0.230. The van der Waals surface area contributed by atoms with Crippen molar-refractivity contribution >= 4 is 34.0 Å². The normalized spacial score (nSPS) is 13.4. The molecule has 1 aliphatic heterocycles. The predicted octanol–water partition coefficient (Wildman–Crippen LogP) is 5.98. The highest BCUT2D eigenvalue weighted by Crippen LogP contribution is 2.36. The monoisotopic (exact) mass is 495 g/mol. The Balaban J connectivity index is 1.43. The molecule has 1 aliphatic rings. The van der Waals surface area contributed by atoms with Gasteiger partial charge in [-0.15, -0.1) is 0 Å². The lowest BCUT2D eigenvalue weighted by Crippen LogP contribution is -2.30. The summed E-state index contributed by atoms with van der Waals surface area (Å²) < 4.78 is 7.92. The van der Waals surface area contributed by atoms with Crippen LogP contribution in [0.5, 0.6) is 5.75 Å². The minimum Gasteiger partial charge on any atom is -0.496 e. The second-order valence-corrected chi connectivity index (χ2v) is 9.38. The molecule has 37 heavy (non-hydrogen) atoms. The van der Waals surface area contributed by atoms with E-state index in [0.717, 1.165) is 60.0 Å². The first-order valence-electron chi connectivity index (χ1n) is 12.7. The molecule has 0 bridgehead atoms. The fourth-order valence-corrected chi connectivity index (χ4v) is 5.07. The molecule has 0 saturated carbocycles. The van der Waals surface area contributed by atoms with E-state index in [0.29, 0.717) is 6.54 Å². The van der Waals surface area contributed by atoms with E-state index in [2.05, 4.69) is 75.2 Å². The summed E-state index contributed by atoms with van der Waals surface area (Å²) in [4.78, 5) is 19.1. The Morgan fingerprint density at radius 1 is 1.14 bits per heavy atom. The molecule has 5 rings (SSSR count). The Labute approximate surface area is 217 Å². The number of methoxy groups -OCH3 is 1. The zero-order valence-electron chi connectivity index (χ0n) is 21.5. The number of amides is 1. The number of carbonyl (C=O) groups excluding carboxylic acids is 1. The Hall–Kier alpha value is -4.26. The molecular formula is C30H33N5O2. The second-order valence-electron chi connectivity index (χ2n) is 9.38. The van der Waals surface area contributed by atoms with Gasteiger partial charge >= 0.3 is 0 Å². The maximum absolute atomic E-state index is 12.2. The van der Waals surface area contributed by atoms with Crippen LogP contribution >= 0.6 is 0 Å². The summed E-state index contributed by atoms with van der Waals surface area (Å²) >= 11 is 0. The molecule has 0 aliphatic carbocycles. The highest BCUT2D eigenvalue weighted by molar-refractivity contribution is 6.01. The Bertz CT molecular complexity index is 1440. The summed E-state index contributed by atoms with van der Waals surface area (Å²) in [6.07, 6.45) is 8.78. The summed E-state index contributed by atoms with van der Waals surface area (Å²) in [5.74, 6) is 1.31. The van der Waals surface area contributed by atoms with Crippen molar-refractivity contribution in [2.75, 3.05) is 35.7 Å². The number of piperidine rings is 1. The van der Waals surface area contributed by atoms with Gasteiger partial charge in [-0.1, -0.05) is 24.8 Å². The van der Waals surface area contributed by atoms with Crippen LogP contribution in [0.1, 0.15) is 24.8 Å². The molecule has 1 saturated heterocycles. The molecular weight excluding hydrogens is 462 g/mol. The molecule has 2 N–H and O–H groups in total. The van der Waals surface area contributed by atoms with Crippen LogP contribution in [0.4, 0.5) is 17.2 Å². The van der Waals surface area contributed by atoms with E-state index in [1.807, 2.05) is 24.4 Å². The van der Waals surface area contributed by atoms with Crippen molar-refractivity contribution < 1.29 is 9.53 Å². The molecule has 3 heterocycles. The molecule has 0 atom stereocenters. The van der Waals surface area contributed by atoms with Crippen molar-refractivity contribution in [1.82, 2.24) is 9.55 Å². The molecule has 1 fully saturated rings. The van der Waals surface area contributed by atoms with Crippen LogP contribution in [0.15, 0.2) is 73.6 Å². The Morgan fingerprint density at radius 3 is 2.73 bits per heavy atom. The van der Waals surface area contributed by atoms with Gasteiger partial charge in [0, 0.05) is 67.2 Å². The molecule has 0 unspecified atom stereocenters. The molecule has 4 aromatic rings. The van der Waals surface area contributed by atoms with Gasteiger partial charge in [-0.2, -0.15) is 0 Å². The van der Waals surface area contributed by atoms with Gasteiger partial charge in [0.2, 0.25) is 5.91 Å². The Morgan fingerprint density at radius 2 is 1.95 bits per heavy atom. The third-order valence-electron chi connectivity index (χ3n) is 6.97. The molecule has 0 spiro atoms. The largest absolute Gasteiger partial charge is 0.496 e. The summed E-state index contributed by atoms with van der Waals surface area (Å²) in [5, 5.41) is 7.66. The highest BCUT2D eigenvalue weighted by atomic mass is 16.5. The third kappa shape index (κ3) is 5.16. The van der Waals surface area contributed by atoms with Crippen LogP contribution in [0.2, 0.25) is 0 Å². The van der Waals surface area contributed by atoms with Gasteiger partial charge in [0.25, 0.3) is 0 Å². The molecule has 0 radical (unpaired) electrons. The lowest BCUT2D eigenvalue weighted by Gasteiger charge is -2.31. The first-order valence-corrected chi connectivity index (χ1v) is 12.7. The lowest BCUT2D eigenvalue weighted by atomic mass is 10.1. The number of aromatic nitrogens is 2. The topological polar surface area (TPSA) is 71.4 Å². The second kappa shape index (κ2) is 10.8. The summed E-state index contributed by atoms with van der Waals surface area (Å²) in [7, 11) is 3.74. The van der Waals surface area contributed by atoms with Gasteiger partial charge in [0.05, 0.1) is 18.5 Å². The van der Waals surface area contributed by atoms with E-state index in [1.54, 1.807) is 7.11 Å². The van der Waals surface area contributed by atoms with E-state index in [4.69, 9.17) is 4.74 Å². The fraction of sp³-hybridized carbons (Fsp3) is 0.267. The number of nitrogens with one attached hydrogen (secondary N) is 2. The van der Waals surface area contributed by atoms with Crippen LogP contribution in [0, 0.1) is 0 Å². The van der Waals surface area contributed by atoms with E-state index < -0.39 is 0 Å². The minimum atomic E-state index is -0.230. The third-order valence-corrected chi connectivity index (χ3v) is 6.97. The van der Waals surface area contributed by atoms with Crippen molar-refractivity contribution in [1.29, 1.82) is 0 Å². The van der Waals surface area contributed by atoms with Crippen molar-refractivity contribution in [3.05, 3.63) is 79.1 Å². The van der Waals surface area contributed by atoms with Crippen LogP contribution in [-0.2, 0) is 18.4 Å². The molecule has 7 heteroatoms. The van der Waals surface area contributed by atoms with E-state index in [1.165, 1.54) is 29.0 Å². The SMILES string of the molecule is C=CC(=O)Nc1cc(CNc2cc(-c3cn(C)c4ccccc34)ccn2)c(OC)cc1N1CCCCC1. The summed E-state index contributed by atoms with van der Waals surface area (Å²) in [6, 6.07) is 16.5. The summed E-state index contributed by atoms with van der Waals surface area (Å²) in [5.41, 5.74) is 6.13. The number of nitrogens with zero attached hydrogens (tertiary/aromatic N) is 3. The number of pyridine rings is 1. The molecule has 2 aromatic carbocycles. The Kier molecular flexibility index (Phi) is 7.12. The van der Waals surface area contributed by atoms with Crippen LogP contribution < -0.4 is 20.3 Å². The number of fused-ring (bicyclic) bond motifs is 1. The average molecular weight is 496 g/mol. The van der Waals surface area contributed by atoms with Crippen molar-refractivity contribution in [3.63, 3.8) is 0 Å². The maximum atomic E-state index is 12.2. The maximum Gasteiger partial charge on any atom is 0.247 e. The molecule has 1 amide bonds. The number of para-hydroxylation sites is 1. The van der Waals surface area contributed by atoms with Crippen molar-refractivity contribution in [2.24, 2.45) is 7.05 Å². The van der Waals surface area contributed by atoms with Crippen molar-refractivity contribution in [3.8, 4) is 16.9 Å². The number of hydrogen-bond donors (Lipinski definition) is 2. The number of benzene rings is 2. The van der Waals surface area contributed by atoms with E-state index in [9.17, 15) is 4.79 Å². The molecule has 2 aromatic heterocycles. The van der Waals surface area contributed by atoms with E-state index in [-0.39, 0.29) is 5.91 Å². The smallest absolute Gasteiger partial charge is 0.247 e. The quantitative estimate of drug-likeness (QED) is 0.295. The highest BCUT2D eigenvalue weighted by Gasteiger charge is 2.19. The van der Waals surface area contributed by atoms with Crippen LogP contribution in [0.3, 0.4) is 0 Å². The molecule has 190 valence electrons. The molecule has 7 nitrogen and oxygen atoms in total. The first-order chi connectivity index (χ1) is 18.1. The standard InChI is InChI=1S/C30H33N5O2/c1-4-30(36)33-25-16-22(28(37-3)18-27(25)35-14-8-5-9-15-35)19-32-29-17-21(12-13-31-29)24-20-34(2)26-11-7-6-10-23(24)26/h4,6-7,10-13,16-18,20H,1,5,8-9,14-15,19H2,2-3H3,(H,31,32)(H,33,36). The van der Waals surface area contributed by atoms with Gasteiger partial charge in [-0.25, -0.2) is 4.98 Å². The summed E-state index contributed by atoms with van der Waals surface area (Å²) in [6.45, 7) is 6.03. The van der Waals surface area contributed by atoms with Gasteiger partial charge in [-0.3, -0.25) is 4.79 Å². The van der Waals surface area contributed by atoms with Gasteiger partial charge in [-0.05, 0) is 55.2 Å². The van der Waals surface area contributed by atoms with Gasteiger partial charge in [0.15, 0.2) is 0 Å². The average Bonchev–Trinajstić information content (AvgIpc) is 3.29.